The highest BCUT2D eigenvalue weighted by Crippen LogP contribution is 2.65. The molecular formula is C46H34ClN3O6. The summed E-state index contributed by atoms with van der Waals surface area (Å²) in [5.74, 6) is -4.85. The number of oxazole rings is 1. The summed E-state index contributed by atoms with van der Waals surface area (Å²) in [6.07, 6.45) is 2.40. The second-order valence-corrected chi connectivity index (χ2v) is 15.6. The molecule has 1 N–H and O–H groups in total. The first-order chi connectivity index (χ1) is 27.2. The highest BCUT2D eigenvalue weighted by Gasteiger charge is 2.70. The monoisotopic (exact) mass is 759 g/mol. The fraction of sp³-hybridized carbons (Fsp3) is 0.196. The molecule has 4 aliphatic rings. The molecule has 4 amide bonds. The van der Waals surface area contributed by atoms with Crippen LogP contribution in [-0.4, -0.2) is 33.7 Å². The van der Waals surface area contributed by atoms with E-state index in [-0.39, 0.29) is 30.4 Å². The zero-order chi connectivity index (χ0) is 38.5. The second kappa shape index (κ2) is 12.6. The average molecular weight is 760 g/mol. The van der Waals surface area contributed by atoms with E-state index in [4.69, 9.17) is 16.0 Å². The summed E-state index contributed by atoms with van der Waals surface area (Å²) in [6.45, 7) is 1.80. The Balaban J connectivity index is 1.10. The molecular weight excluding hydrogens is 726 g/mol. The number of amides is 4. The maximum Gasteiger partial charge on any atom is 0.246 e. The number of hydrogen-bond donors (Lipinski definition) is 1. The molecule has 5 aromatic carbocycles. The van der Waals surface area contributed by atoms with Gasteiger partial charge in [0.2, 0.25) is 29.5 Å². The van der Waals surface area contributed by atoms with E-state index in [0.29, 0.717) is 50.1 Å². The number of para-hydroxylation sites is 3. The average Bonchev–Trinajstić information content (AvgIpc) is 3.83. The highest BCUT2D eigenvalue weighted by atomic mass is 35.5. The van der Waals surface area contributed by atoms with Crippen LogP contribution in [0, 0.1) is 30.6 Å². The Hall–Kier alpha value is -6.32. The third-order valence-corrected chi connectivity index (χ3v) is 12.6. The molecule has 2 aliphatic carbocycles. The number of halogens is 1. The molecule has 0 spiro atoms. The quantitative estimate of drug-likeness (QED) is 0.138. The van der Waals surface area contributed by atoms with Gasteiger partial charge in [0.15, 0.2) is 5.58 Å². The van der Waals surface area contributed by atoms with E-state index in [1.54, 1.807) is 67.6 Å². The number of benzene rings is 5. The van der Waals surface area contributed by atoms with Crippen molar-refractivity contribution in [3.8, 4) is 17.2 Å². The van der Waals surface area contributed by atoms with Gasteiger partial charge >= 0.3 is 0 Å². The number of nitrogens with zero attached hydrogens (tertiary/aromatic N) is 3. The summed E-state index contributed by atoms with van der Waals surface area (Å²) in [6, 6.07) is 35.9. The molecule has 6 aromatic rings. The maximum absolute atomic E-state index is 15.4. The lowest BCUT2D eigenvalue weighted by atomic mass is 9.49. The number of phenolic OH excluding ortho intramolecular Hbond substituents is 1. The van der Waals surface area contributed by atoms with Crippen LogP contribution in [0.4, 0.5) is 11.4 Å². The largest absolute Gasteiger partial charge is 0.507 e. The van der Waals surface area contributed by atoms with Gasteiger partial charge in [0.05, 0.1) is 34.5 Å². The Morgan fingerprint density at radius 2 is 1.52 bits per heavy atom. The fourth-order valence-electron chi connectivity index (χ4n) is 10.0. The van der Waals surface area contributed by atoms with Crippen LogP contribution in [0.15, 0.2) is 137 Å². The van der Waals surface area contributed by atoms with Gasteiger partial charge in [0.25, 0.3) is 0 Å². The summed E-state index contributed by atoms with van der Waals surface area (Å²) in [7, 11) is 0. The van der Waals surface area contributed by atoms with Gasteiger partial charge in [0, 0.05) is 22.1 Å². The summed E-state index contributed by atoms with van der Waals surface area (Å²) in [5.41, 5.74) is 3.89. The number of carbonyl (C=O) groups is 4. The predicted octanol–water partition coefficient (Wildman–Crippen LogP) is 8.53. The molecule has 10 heteroatoms. The number of anilines is 2. The van der Waals surface area contributed by atoms with Crippen LogP contribution < -0.4 is 9.80 Å². The molecule has 2 aliphatic heterocycles. The lowest BCUT2D eigenvalue weighted by Gasteiger charge is -2.50. The molecule has 276 valence electrons. The third-order valence-electron chi connectivity index (χ3n) is 12.4. The minimum Gasteiger partial charge on any atom is -0.507 e. The minimum absolute atomic E-state index is 0.0196. The molecule has 0 bridgehead atoms. The van der Waals surface area contributed by atoms with Gasteiger partial charge in [0.1, 0.15) is 11.3 Å². The molecule has 1 saturated carbocycles. The van der Waals surface area contributed by atoms with Gasteiger partial charge in [-0.3, -0.25) is 24.1 Å². The summed E-state index contributed by atoms with van der Waals surface area (Å²) in [4.78, 5) is 66.5. The van der Waals surface area contributed by atoms with Crippen LogP contribution in [0.25, 0.3) is 22.6 Å². The molecule has 56 heavy (non-hydrogen) atoms. The van der Waals surface area contributed by atoms with E-state index in [1.165, 1.54) is 9.80 Å². The zero-order valence-corrected chi connectivity index (χ0v) is 30.9. The van der Waals surface area contributed by atoms with E-state index < -0.39 is 46.8 Å². The van der Waals surface area contributed by atoms with Gasteiger partial charge in [-0.1, -0.05) is 90.0 Å². The van der Waals surface area contributed by atoms with Crippen LogP contribution in [0.1, 0.15) is 35.4 Å². The van der Waals surface area contributed by atoms with Gasteiger partial charge in [-0.2, -0.15) is 0 Å². The first-order valence-corrected chi connectivity index (χ1v) is 19.1. The Kier molecular flexibility index (Phi) is 7.70. The highest BCUT2D eigenvalue weighted by molar-refractivity contribution is 6.32. The first-order valence-electron chi connectivity index (χ1n) is 18.7. The van der Waals surface area contributed by atoms with Crippen LogP contribution in [0.3, 0.4) is 0 Å². The number of imide groups is 2. The van der Waals surface area contributed by atoms with Crippen molar-refractivity contribution in [1.82, 2.24) is 4.98 Å². The van der Waals surface area contributed by atoms with Gasteiger partial charge < -0.3 is 9.52 Å². The molecule has 6 atom stereocenters. The fourth-order valence-corrected chi connectivity index (χ4v) is 10.2. The van der Waals surface area contributed by atoms with E-state index in [0.717, 1.165) is 11.1 Å². The maximum atomic E-state index is 15.4. The molecule has 10 rings (SSSR count). The van der Waals surface area contributed by atoms with Crippen molar-refractivity contribution in [1.29, 1.82) is 0 Å². The number of fused-ring (bicyclic) bond motifs is 5. The number of phenols is 1. The van der Waals surface area contributed by atoms with E-state index in [9.17, 15) is 19.5 Å². The first kappa shape index (κ1) is 34.2. The molecule has 0 radical (unpaired) electrons. The number of hydrogen-bond acceptors (Lipinski definition) is 7. The Morgan fingerprint density at radius 3 is 2.29 bits per heavy atom. The van der Waals surface area contributed by atoms with Crippen LogP contribution in [0.2, 0.25) is 5.02 Å². The van der Waals surface area contributed by atoms with Crippen molar-refractivity contribution in [2.45, 2.75) is 31.1 Å². The zero-order valence-electron chi connectivity index (χ0n) is 30.1. The van der Waals surface area contributed by atoms with Crippen LogP contribution in [0.5, 0.6) is 5.75 Å². The van der Waals surface area contributed by atoms with Crippen LogP contribution >= 0.6 is 11.6 Å². The van der Waals surface area contributed by atoms with Crippen molar-refractivity contribution in [3.63, 3.8) is 0 Å². The van der Waals surface area contributed by atoms with E-state index in [2.05, 4.69) is 4.98 Å². The lowest BCUT2D eigenvalue weighted by molar-refractivity contribution is -0.127. The normalized spacial score (nSPS) is 25.7. The Bertz CT molecular complexity index is 2640. The summed E-state index contributed by atoms with van der Waals surface area (Å²) >= 11 is 6.42. The van der Waals surface area contributed by atoms with E-state index >= 15 is 4.79 Å². The number of aromatic hydroxyl groups is 1. The second-order valence-electron chi connectivity index (χ2n) is 15.2. The predicted molar refractivity (Wildman–Crippen MR) is 211 cm³/mol. The Labute approximate surface area is 326 Å². The van der Waals surface area contributed by atoms with Crippen molar-refractivity contribution in [2.24, 2.45) is 23.7 Å². The van der Waals surface area contributed by atoms with Crippen molar-refractivity contribution in [2.75, 3.05) is 9.80 Å². The molecule has 2 saturated heterocycles. The van der Waals surface area contributed by atoms with Crippen molar-refractivity contribution >= 4 is 57.7 Å². The standard InChI is InChI=1S/C46H34ClN3O6/c1-25-9-7-14-33(40(25)51)39-31-21-22-32-38(44(54)49(42(32)52)29-19-17-26(18-20-29)41-48-36-15-5-6-16-37(36)56-41)34(31)24-35-43(53)50(30-13-8-12-28(47)23-30)45(55)46(35,39)27-10-3-2-4-11-27/h2-21,23,32,34-35,38-39,51H,22,24H2,1H3. The lowest BCUT2D eigenvalue weighted by Crippen LogP contribution is -2.53. The number of aryl methyl sites for hydroxylation is 1. The smallest absolute Gasteiger partial charge is 0.246 e. The molecule has 3 heterocycles. The van der Waals surface area contributed by atoms with Crippen molar-refractivity contribution in [3.05, 3.63) is 155 Å². The van der Waals surface area contributed by atoms with E-state index in [1.807, 2.05) is 66.7 Å². The molecule has 1 aromatic heterocycles. The number of allylic oxidation sites excluding steroid dienone is 2. The SMILES string of the molecule is Cc1cccc(C2C3=CCC4C(=O)N(c5ccc(-c6nc7ccccc7o6)cc5)C(=O)C4C3CC3C(=O)N(c4cccc(Cl)c4)C(=O)C32c2ccccc2)c1O. The topological polar surface area (TPSA) is 121 Å². The number of rotatable bonds is 5. The van der Waals surface area contributed by atoms with Gasteiger partial charge in [-0.15, -0.1) is 0 Å². The molecule has 6 unspecified atom stereocenters. The Morgan fingerprint density at radius 1 is 0.768 bits per heavy atom. The third kappa shape index (κ3) is 4.76. The molecule has 9 nitrogen and oxygen atoms in total. The summed E-state index contributed by atoms with van der Waals surface area (Å²) < 4.78 is 5.95. The van der Waals surface area contributed by atoms with Gasteiger partial charge in [-0.05, 0) is 91.4 Å². The van der Waals surface area contributed by atoms with Crippen LogP contribution in [-0.2, 0) is 24.6 Å². The van der Waals surface area contributed by atoms with Gasteiger partial charge in [-0.25, -0.2) is 9.88 Å². The summed E-state index contributed by atoms with van der Waals surface area (Å²) in [5, 5.41) is 12.2. The number of carbonyl (C=O) groups excluding carboxylic acids is 4. The number of aromatic nitrogens is 1. The molecule has 3 fully saturated rings. The minimum atomic E-state index is -1.48. The van der Waals surface area contributed by atoms with Crippen molar-refractivity contribution < 1.29 is 28.7 Å².